The summed E-state index contributed by atoms with van der Waals surface area (Å²) in [6.45, 7) is 3.91. The summed E-state index contributed by atoms with van der Waals surface area (Å²) in [5.41, 5.74) is 4.56. The van der Waals surface area contributed by atoms with Gasteiger partial charge in [0.2, 0.25) is 5.91 Å². The van der Waals surface area contributed by atoms with Crippen LogP contribution in [0.4, 0.5) is 4.79 Å². The Morgan fingerprint density at radius 2 is 1.57 bits per heavy atom. The summed E-state index contributed by atoms with van der Waals surface area (Å²) in [5, 5.41) is 15.0. The van der Waals surface area contributed by atoms with E-state index in [2.05, 4.69) is 34.9 Å². The third-order valence-corrected chi connectivity index (χ3v) is 7.24. The van der Waals surface area contributed by atoms with Crippen molar-refractivity contribution in [3.8, 4) is 11.1 Å². The Bertz CT molecular complexity index is 1040. The number of aliphatic carboxylic acids is 1. The van der Waals surface area contributed by atoms with Crippen LogP contribution in [0, 0.1) is 11.8 Å². The molecule has 2 aliphatic carbocycles. The average Bonchev–Trinajstić information content (AvgIpc) is 3.15. The van der Waals surface area contributed by atoms with E-state index in [-0.39, 0.29) is 42.7 Å². The molecule has 0 bridgehead atoms. The van der Waals surface area contributed by atoms with Gasteiger partial charge in [-0.3, -0.25) is 9.59 Å². The Hall–Kier alpha value is -3.35. The van der Waals surface area contributed by atoms with E-state index < -0.39 is 18.1 Å². The molecule has 2 amide bonds. The average molecular weight is 479 g/mol. The van der Waals surface area contributed by atoms with E-state index in [1.807, 2.05) is 38.1 Å². The maximum Gasteiger partial charge on any atom is 0.407 e. The number of alkyl carbamates (subject to hydrolysis) is 1. The van der Waals surface area contributed by atoms with Gasteiger partial charge in [-0.25, -0.2) is 4.79 Å². The van der Waals surface area contributed by atoms with Crippen LogP contribution in [0.5, 0.6) is 0 Å². The molecule has 2 aromatic rings. The standard InChI is InChI=1S/C28H34N2O5/c1-17(2)26(27(33)29-24-14-8-3-9-18(24)15-25(31)32)30-28(34)35-16-23-21-12-6-4-10-19(21)20-11-5-7-13-22(20)23/h4-7,10-13,17-18,23-24,26H,3,8-9,14-16H2,1-2H3,(H,29,33)(H,30,34)(H,31,32)/t18-,24-,26-/m0/s1. The molecule has 0 aliphatic heterocycles. The minimum Gasteiger partial charge on any atom is -0.481 e. The molecule has 7 nitrogen and oxygen atoms in total. The second-order valence-corrected chi connectivity index (χ2v) is 9.95. The summed E-state index contributed by atoms with van der Waals surface area (Å²) >= 11 is 0. The van der Waals surface area contributed by atoms with Gasteiger partial charge in [0, 0.05) is 12.0 Å². The van der Waals surface area contributed by atoms with Crippen LogP contribution < -0.4 is 10.6 Å². The molecule has 186 valence electrons. The van der Waals surface area contributed by atoms with E-state index in [1.54, 1.807) is 0 Å². The number of carbonyl (C=O) groups is 3. The van der Waals surface area contributed by atoms with Gasteiger partial charge in [-0.05, 0) is 46.9 Å². The summed E-state index contributed by atoms with van der Waals surface area (Å²) < 4.78 is 5.63. The zero-order valence-corrected chi connectivity index (χ0v) is 20.3. The van der Waals surface area contributed by atoms with Crippen LogP contribution in [-0.4, -0.2) is 41.8 Å². The van der Waals surface area contributed by atoms with Gasteiger partial charge in [0.1, 0.15) is 12.6 Å². The summed E-state index contributed by atoms with van der Waals surface area (Å²) in [6, 6.07) is 15.3. The predicted molar refractivity (Wildman–Crippen MR) is 133 cm³/mol. The molecule has 1 saturated carbocycles. The fraction of sp³-hybridized carbons (Fsp3) is 0.464. The SMILES string of the molecule is CC(C)[C@H](NC(=O)OCC1c2ccccc2-c2ccccc21)C(=O)N[C@H]1CCCC[C@H]1CC(=O)O. The number of carboxylic acid groups (broad SMARTS) is 1. The van der Waals surface area contributed by atoms with Gasteiger partial charge in [0.05, 0.1) is 6.42 Å². The number of carbonyl (C=O) groups excluding carboxylic acids is 2. The largest absolute Gasteiger partial charge is 0.481 e. The second kappa shape index (κ2) is 10.9. The monoisotopic (exact) mass is 478 g/mol. The van der Waals surface area contributed by atoms with Gasteiger partial charge in [-0.2, -0.15) is 0 Å². The van der Waals surface area contributed by atoms with Gasteiger partial charge in [-0.1, -0.05) is 75.2 Å². The predicted octanol–water partition coefficient (Wildman–Crippen LogP) is 4.70. The fourth-order valence-electron chi connectivity index (χ4n) is 5.44. The highest BCUT2D eigenvalue weighted by molar-refractivity contribution is 5.86. The van der Waals surface area contributed by atoms with E-state index >= 15 is 0 Å². The summed E-state index contributed by atoms with van der Waals surface area (Å²) in [5.74, 6) is -1.45. The highest BCUT2D eigenvalue weighted by Crippen LogP contribution is 2.44. The molecule has 0 saturated heterocycles. The van der Waals surface area contributed by atoms with Gasteiger partial charge >= 0.3 is 12.1 Å². The van der Waals surface area contributed by atoms with E-state index in [1.165, 1.54) is 0 Å². The molecular formula is C28H34N2O5. The lowest BCUT2D eigenvalue weighted by Gasteiger charge is -2.33. The zero-order chi connectivity index (χ0) is 24.9. The van der Waals surface area contributed by atoms with Crippen LogP contribution in [0.25, 0.3) is 11.1 Å². The van der Waals surface area contributed by atoms with Gasteiger partial charge in [-0.15, -0.1) is 0 Å². The normalized spacial score (nSPS) is 20.0. The number of rotatable bonds is 8. The first-order valence-electron chi connectivity index (χ1n) is 12.5. The lowest BCUT2D eigenvalue weighted by Crippen LogP contribution is -2.54. The van der Waals surface area contributed by atoms with Crippen molar-refractivity contribution in [2.75, 3.05) is 6.61 Å². The van der Waals surface area contributed by atoms with Crippen LogP contribution in [0.15, 0.2) is 48.5 Å². The number of nitrogens with one attached hydrogen (secondary N) is 2. The Balaban J connectivity index is 1.38. The van der Waals surface area contributed by atoms with Crippen molar-refractivity contribution in [1.82, 2.24) is 10.6 Å². The van der Waals surface area contributed by atoms with Crippen LogP contribution in [0.2, 0.25) is 0 Å². The van der Waals surface area contributed by atoms with Crippen LogP contribution in [-0.2, 0) is 14.3 Å². The first kappa shape index (κ1) is 24.8. The summed E-state index contributed by atoms with van der Waals surface area (Å²) in [6.07, 6.45) is 2.86. The number of carboxylic acids is 1. The van der Waals surface area contributed by atoms with Crippen LogP contribution in [0.1, 0.15) is 63.0 Å². The number of ether oxygens (including phenoxy) is 1. The molecule has 7 heteroatoms. The Morgan fingerprint density at radius 3 is 2.17 bits per heavy atom. The molecule has 2 aromatic carbocycles. The Labute approximate surface area is 206 Å². The molecule has 0 radical (unpaired) electrons. The van der Waals surface area contributed by atoms with Crippen molar-refractivity contribution >= 4 is 18.0 Å². The van der Waals surface area contributed by atoms with E-state index in [9.17, 15) is 19.5 Å². The van der Waals surface area contributed by atoms with Crippen LogP contribution in [0.3, 0.4) is 0 Å². The molecule has 35 heavy (non-hydrogen) atoms. The summed E-state index contributed by atoms with van der Waals surface area (Å²) in [7, 11) is 0. The smallest absolute Gasteiger partial charge is 0.407 e. The number of benzene rings is 2. The van der Waals surface area contributed by atoms with Gasteiger partial charge in [0.15, 0.2) is 0 Å². The summed E-state index contributed by atoms with van der Waals surface area (Å²) in [4.78, 5) is 37.1. The first-order chi connectivity index (χ1) is 16.8. The minimum atomic E-state index is -0.853. The molecule has 3 atom stereocenters. The van der Waals surface area contributed by atoms with Gasteiger partial charge in [0.25, 0.3) is 0 Å². The lowest BCUT2D eigenvalue weighted by atomic mass is 9.82. The topological polar surface area (TPSA) is 105 Å². The Kier molecular flexibility index (Phi) is 7.73. The van der Waals surface area contributed by atoms with Crippen molar-refractivity contribution in [3.63, 3.8) is 0 Å². The van der Waals surface area contributed by atoms with Gasteiger partial charge < -0.3 is 20.5 Å². The molecule has 0 unspecified atom stereocenters. The lowest BCUT2D eigenvalue weighted by molar-refractivity contribution is -0.139. The second-order valence-electron chi connectivity index (χ2n) is 9.95. The molecule has 0 heterocycles. The van der Waals surface area contributed by atoms with E-state index in [0.29, 0.717) is 0 Å². The van der Waals surface area contributed by atoms with E-state index in [0.717, 1.165) is 47.9 Å². The highest BCUT2D eigenvalue weighted by Gasteiger charge is 2.33. The van der Waals surface area contributed by atoms with Crippen molar-refractivity contribution in [3.05, 3.63) is 59.7 Å². The minimum absolute atomic E-state index is 0.0388. The molecule has 1 fully saturated rings. The van der Waals surface area contributed by atoms with Crippen molar-refractivity contribution in [1.29, 1.82) is 0 Å². The maximum absolute atomic E-state index is 13.1. The molecule has 3 N–H and O–H groups in total. The molecule has 2 aliphatic rings. The van der Waals surface area contributed by atoms with Crippen molar-refractivity contribution < 1.29 is 24.2 Å². The molecule has 0 aromatic heterocycles. The molecule has 4 rings (SSSR count). The zero-order valence-electron chi connectivity index (χ0n) is 20.3. The third-order valence-electron chi connectivity index (χ3n) is 7.24. The van der Waals surface area contributed by atoms with Crippen molar-refractivity contribution in [2.45, 2.75) is 64.0 Å². The number of fused-ring (bicyclic) bond motifs is 3. The van der Waals surface area contributed by atoms with Crippen molar-refractivity contribution in [2.24, 2.45) is 11.8 Å². The fourth-order valence-corrected chi connectivity index (χ4v) is 5.44. The maximum atomic E-state index is 13.1. The molecule has 0 spiro atoms. The number of hydrogen-bond acceptors (Lipinski definition) is 4. The quantitative estimate of drug-likeness (QED) is 0.510. The third kappa shape index (κ3) is 5.66. The number of hydrogen-bond donors (Lipinski definition) is 3. The highest BCUT2D eigenvalue weighted by atomic mass is 16.5. The van der Waals surface area contributed by atoms with E-state index in [4.69, 9.17) is 4.74 Å². The molecular weight excluding hydrogens is 444 g/mol. The number of amides is 2. The Morgan fingerprint density at radius 1 is 0.971 bits per heavy atom. The first-order valence-corrected chi connectivity index (χ1v) is 12.5. The van der Waals surface area contributed by atoms with Crippen LogP contribution >= 0.6 is 0 Å².